The van der Waals surface area contributed by atoms with Gasteiger partial charge in [-0.05, 0) is 89.6 Å². The highest BCUT2D eigenvalue weighted by atomic mass is 16.6. The summed E-state index contributed by atoms with van der Waals surface area (Å²) >= 11 is 0. The van der Waals surface area contributed by atoms with E-state index in [0.717, 1.165) is 0 Å². The SMILES string of the molecule is CC(C)(C)OC(=O)N(Cc1cc(NC(=O)[C@H](CC(=O)O)C2OCCN(c3ccc4[nH]c(=O)ccc4c3)C2=O)ccc1C#N)C(=O)OC(C)(C)C. The van der Waals surface area contributed by atoms with Crippen LogP contribution >= 0.6 is 0 Å². The molecule has 0 radical (unpaired) electrons. The number of carboxylic acids is 1. The lowest BCUT2D eigenvalue weighted by atomic mass is 9.94. The van der Waals surface area contributed by atoms with E-state index in [0.29, 0.717) is 21.5 Å². The van der Waals surface area contributed by atoms with Crippen LogP contribution in [0.25, 0.3) is 10.9 Å². The zero-order valence-electron chi connectivity index (χ0n) is 28.6. The van der Waals surface area contributed by atoms with Gasteiger partial charge < -0.3 is 34.5 Å². The van der Waals surface area contributed by atoms with Gasteiger partial charge in [0.1, 0.15) is 17.3 Å². The number of carbonyl (C=O) groups is 5. The van der Waals surface area contributed by atoms with Crippen LogP contribution in [0.15, 0.2) is 53.3 Å². The lowest BCUT2D eigenvalue weighted by molar-refractivity contribution is -0.149. The summed E-state index contributed by atoms with van der Waals surface area (Å²) in [7, 11) is 0. The summed E-state index contributed by atoms with van der Waals surface area (Å²) in [5.41, 5.74) is -0.879. The van der Waals surface area contributed by atoms with Crippen molar-refractivity contribution in [3.8, 4) is 6.07 Å². The number of morpholine rings is 1. The molecule has 4 amide bonds. The fourth-order valence-corrected chi connectivity index (χ4v) is 5.14. The van der Waals surface area contributed by atoms with E-state index >= 15 is 0 Å². The zero-order valence-corrected chi connectivity index (χ0v) is 28.6. The Balaban J connectivity index is 1.61. The van der Waals surface area contributed by atoms with Crippen LogP contribution in [0.2, 0.25) is 0 Å². The highest BCUT2D eigenvalue weighted by molar-refractivity contribution is 6.04. The largest absolute Gasteiger partial charge is 0.481 e. The number of imide groups is 1. The molecule has 3 N–H and O–H groups in total. The summed E-state index contributed by atoms with van der Waals surface area (Å²) in [6, 6.07) is 14.0. The molecule has 0 spiro atoms. The number of rotatable bonds is 8. The number of nitrogens with zero attached hydrogens (tertiary/aromatic N) is 3. The Morgan fingerprint density at radius 3 is 2.28 bits per heavy atom. The van der Waals surface area contributed by atoms with Crippen molar-refractivity contribution in [2.75, 3.05) is 23.4 Å². The average Bonchev–Trinajstić information content (AvgIpc) is 3.00. The van der Waals surface area contributed by atoms with E-state index in [1.165, 1.54) is 29.2 Å². The number of aromatic amines is 1. The number of benzene rings is 2. The lowest BCUT2D eigenvalue weighted by Gasteiger charge is -2.35. The number of ether oxygens (including phenoxy) is 3. The second kappa shape index (κ2) is 14.8. The minimum absolute atomic E-state index is 0.00957. The minimum atomic E-state index is -1.47. The maximum atomic E-state index is 13.7. The van der Waals surface area contributed by atoms with Gasteiger partial charge in [-0.25, -0.2) is 14.5 Å². The van der Waals surface area contributed by atoms with Crippen molar-refractivity contribution in [2.24, 2.45) is 5.92 Å². The molecule has 264 valence electrons. The first-order valence-electron chi connectivity index (χ1n) is 15.7. The van der Waals surface area contributed by atoms with Crippen LogP contribution in [-0.2, 0) is 35.1 Å². The minimum Gasteiger partial charge on any atom is -0.481 e. The summed E-state index contributed by atoms with van der Waals surface area (Å²) in [6.07, 6.45) is -4.25. The predicted octanol–water partition coefficient (Wildman–Crippen LogP) is 4.53. The molecule has 50 heavy (non-hydrogen) atoms. The van der Waals surface area contributed by atoms with Crippen LogP contribution < -0.4 is 15.8 Å². The third kappa shape index (κ3) is 9.44. The molecule has 0 bridgehead atoms. The number of aromatic nitrogens is 1. The summed E-state index contributed by atoms with van der Waals surface area (Å²) in [5.74, 6) is -4.30. The average molecular weight is 690 g/mol. The van der Waals surface area contributed by atoms with E-state index in [9.17, 15) is 39.1 Å². The number of nitrogens with one attached hydrogen (secondary N) is 2. The Morgan fingerprint density at radius 1 is 1.02 bits per heavy atom. The number of fused-ring (bicyclic) bond motifs is 1. The number of nitriles is 1. The van der Waals surface area contributed by atoms with Crippen LogP contribution in [0.5, 0.6) is 0 Å². The summed E-state index contributed by atoms with van der Waals surface area (Å²) in [6.45, 7) is 9.39. The van der Waals surface area contributed by atoms with Crippen molar-refractivity contribution in [2.45, 2.75) is 71.8 Å². The Morgan fingerprint density at radius 2 is 1.68 bits per heavy atom. The van der Waals surface area contributed by atoms with Crippen molar-refractivity contribution >= 4 is 52.2 Å². The number of hydrogen-bond acceptors (Lipinski definition) is 10. The molecule has 0 aliphatic carbocycles. The fourth-order valence-electron chi connectivity index (χ4n) is 5.14. The monoisotopic (exact) mass is 689 g/mol. The van der Waals surface area contributed by atoms with Gasteiger partial charge in [-0.15, -0.1) is 0 Å². The Bertz CT molecular complexity index is 1890. The van der Waals surface area contributed by atoms with Crippen LogP contribution in [0.3, 0.4) is 0 Å². The number of H-pyrrole nitrogens is 1. The van der Waals surface area contributed by atoms with Gasteiger partial charge in [-0.2, -0.15) is 5.26 Å². The lowest BCUT2D eigenvalue weighted by Crippen LogP contribution is -2.53. The highest BCUT2D eigenvalue weighted by Crippen LogP contribution is 2.28. The molecule has 1 unspecified atom stereocenters. The molecule has 15 heteroatoms. The van der Waals surface area contributed by atoms with Crippen molar-refractivity contribution in [3.05, 3.63) is 70.0 Å². The Kier molecular flexibility index (Phi) is 11.0. The molecule has 1 saturated heterocycles. The van der Waals surface area contributed by atoms with E-state index < -0.39 is 66.2 Å². The fraction of sp³-hybridized carbons (Fsp3) is 0.400. The van der Waals surface area contributed by atoms with E-state index in [4.69, 9.17) is 14.2 Å². The van der Waals surface area contributed by atoms with Gasteiger partial charge in [0.2, 0.25) is 11.5 Å². The second-order valence-corrected chi connectivity index (χ2v) is 13.6. The van der Waals surface area contributed by atoms with Gasteiger partial charge in [-0.3, -0.25) is 19.2 Å². The third-order valence-electron chi connectivity index (χ3n) is 7.29. The van der Waals surface area contributed by atoms with E-state index in [2.05, 4.69) is 10.3 Å². The second-order valence-electron chi connectivity index (χ2n) is 13.6. The maximum absolute atomic E-state index is 13.7. The maximum Gasteiger partial charge on any atom is 0.420 e. The first kappa shape index (κ1) is 37.1. The standard InChI is InChI=1S/C35H39N5O10/c1-34(2,3)49-32(46)40(33(47)50-35(4,5)6)19-22-15-23(9-7-21(22)18-36)37-30(44)25(17-28(42)43)29-31(45)39(13-14-48-29)24-10-11-26-20(16-24)8-12-27(41)38-26/h7-12,15-16,25,29H,13-14,17,19H2,1-6H3,(H,37,44)(H,38,41)(H,42,43)/t25-,29?/m1/s1. The van der Waals surface area contributed by atoms with Crippen molar-refractivity contribution in [3.63, 3.8) is 0 Å². The van der Waals surface area contributed by atoms with E-state index in [1.54, 1.807) is 65.8 Å². The first-order valence-corrected chi connectivity index (χ1v) is 15.7. The van der Waals surface area contributed by atoms with Crippen molar-refractivity contribution in [1.82, 2.24) is 9.88 Å². The molecule has 3 aromatic rings. The van der Waals surface area contributed by atoms with Gasteiger partial charge >= 0.3 is 18.2 Å². The molecule has 2 atom stereocenters. The quantitative estimate of drug-likeness (QED) is 0.299. The van der Waals surface area contributed by atoms with E-state index in [-0.39, 0.29) is 35.5 Å². The smallest absolute Gasteiger partial charge is 0.420 e. The number of anilines is 2. The number of hydrogen-bond donors (Lipinski definition) is 3. The highest BCUT2D eigenvalue weighted by Gasteiger charge is 2.41. The number of pyridine rings is 1. The van der Waals surface area contributed by atoms with Gasteiger partial charge in [-0.1, -0.05) is 0 Å². The van der Waals surface area contributed by atoms with Gasteiger partial charge in [0.05, 0.1) is 37.1 Å². The van der Waals surface area contributed by atoms with E-state index in [1.807, 2.05) is 6.07 Å². The van der Waals surface area contributed by atoms with Crippen LogP contribution in [-0.4, -0.2) is 75.4 Å². The molecular weight excluding hydrogens is 650 g/mol. The Hall–Kier alpha value is -5.75. The van der Waals surface area contributed by atoms with Crippen LogP contribution in [0.4, 0.5) is 21.0 Å². The third-order valence-corrected chi connectivity index (χ3v) is 7.29. The van der Waals surface area contributed by atoms with Gasteiger partial charge in [0.25, 0.3) is 5.91 Å². The molecule has 1 aliphatic rings. The topological polar surface area (TPSA) is 208 Å². The molecule has 1 aliphatic heterocycles. The van der Waals surface area contributed by atoms with Crippen LogP contribution in [0, 0.1) is 17.2 Å². The normalized spacial score (nSPS) is 15.5. The van der Waals surface area contributed by atoms with Crippen molar-refractivity contribution in [1.29, 1.82) is 5.26 Å². The van der Waals surface area contributed by atoms with Crippen molar-refractivity contribution < 1.29 is 43.3 Å². The molecule has 4 rings (SSSR count). The summed E-state index contributed by atoms with van der Waals surface area (Å²) in [4.78, 5) is 82.0. The van der Waals surface area contributed by atoms with Crippen LogP contribution in [0.1, 0.15) is 59.1 Å². The summed E-state index contributed by atoms with van der Waals surface area (Å²) < 4.78 is 16.5. The number of carboxylic acid groups (broad SMARTS) is 1. The molecule has 2 aromatic carbocycles. The number of carbonyl (C=O) groups excluding carboxylic acids is 4. The van der Waals surface area contributed by atoms with Gasteiger partial charge in [0, 0.05) is 34.9 Å². The summed E-state index contributed by atoms with van der Waals surface area (Å²) in [5, 5.41) is 22.8. The number of amides is 4. The van der Waals surface area contributed by atoms with Gasteiger partial charge in [0.15, 0.2) is 0 Å². The molecule has 15 nitrogen and oxygen atoms in total. The molecule has 1 fully saturated rings. The first-order chi connectivity index (χ1) is 23.3. The molecule has 2 heterocycles. The predicted molar refractivity (Wildman–Crippen MR) is 180 cm³/mol. The zero-order chi connectivity index (χ0) is 37.0. The molecule has 0 saturated carbocycles. The molecular formula is C35H39N5O10. The molecule has 1 aromatic heterocycles. The number of aliphatic carboxylic acids is 1. The Labute approximate surface area is 287 Å².